The number of carbonyl (C=O) groups is 1. The number of imidazole rings is 1. The third-order valence-corrected chi connectivity index (χ3v) is 5.31. The molecule has 136 valence electrons. The summed E-state index contributed by atoms with van der Waals surface area (Å²) in [5.41, 5.74) is 3.65. The van der Waals surface area contributed by atoms with Crippen molar-refractivity contribution in [1.82, 2.24) is 9.38 Å². The van der Waals surface area contributed by atoms with Crippen molar-refractivity contribution in [2.75, 3.05) is 5.32 Å². The first-order valence-electron chi connectivity index (χ1n) is 8.86. The molecule has 27 heavy (non-hydrogen) atoms. The van der Waals surface area contributed by atoms with Gasteiger partial charge in [0.25, 0.3) is 5.91 Å². The van der Waals surface area contributed by atoms with Crippen LogP contribution in [0.25, 0.3) is 16.2 Å². The van der Waals surface area contributed by atoms with Gasteiger partial charge in [-0.05, 0) is 23.1 Å². The second-order valence-corrected chi connectivity index (χ2v) is 8.39. The van der Waals surface area contributed by atoms with Gasteiger partial charge in [-0.25, -0.2) is 4.98 Å². The zero-order valence-corrected chi connectivity index (χ0v) is 16.4. The van der Waals surface area contributed by atoms with E-state index in [9.17, 15) is 4.79 Å². The van der Waals surface area contributed by atoms with Crippen molar-refractivity contribution in [3.63, 3.8) is 0 Å². The number of hydrogen-bond acceptors (Lipinski definition) is 3. The molecule has 0 spiro atoms. The molecule has 0 saturated carbocycles. The van der Waals surface area contributed by atoms with Crippen molar-refractivity contribution >= 4 is 28.0 Å². The quantitative estimate of drug-likeness (QED) is 0.506. The molecular weight excluding hydrogens is 354 g/mol. The number of thiazole rings is 1. The molecule has 0 radical (unpaired) electrons. The Hall–Kier alpha value is -2.92. The van der Waals surface area contributed by atoms with Gasteiger partial charge in [-0.3, -0.25) is 9.20 Å². The van der Waals surface area contributed by atoms with E-state index in [1.54, 1.807) is 11.3 Å². The molecule has 0 bridgehead atoms. The fourth-order valence-electron chi connectivity index (χ4n) is 3.00. The van der Waals surface area contributed by atoms with Crippen LogP contribution >= 0.6 is 11.3 Å². The molecule has 2 aromatic carbocycles. The molecular formula is C22H21N3OS. The molecule has 2 heterocycles. The maximum Gasteiger partial charge on any atom is 0.256 e. The Morgan fingerprint density at radius 3 is 2.41 bits per heavy atom. The van der Waals surface area contributed by atoms with Gasteiger partial charge in [0.2, 0.25) is 0 Å². The van der Waals surface area contributed by atoms with E-state index in [0.29, 0.717) is 11.4 Å². The Morgan fingerprint density at radius 2 is 1.74 bits per heavy atom. The molecule has 1 amide bonds. The van der Waals surface area contributed by atoms with Gasteiger partial charge in [-0.2, -0.15) is 0 Å². The normalized spacial score (nSPS) is 11.7. The summed E-state index contributed by atoms with van der Waals surface area (Å²) in [5.74, 6) is 0.558. The Labute approximate surface area is 162 Å². The molecule has 0 fully saturated rings. The molecule has 1 N–H and O–H groups in total. The Morgan fingerprint density at radius 1 is 1.04 bits per heavy atom. The van der Waals surface area contributed by atoms with Crippen LogP contribution in [0.4, 0.5) is 5.82 Å². The van der Waals surface area contributed by atoms with Crippen LogP contribution in [0, 0.1) is 0 Å². The van der Waals surface area contributed by atoms with Crippen molar-refractivity contribution in [3.05, 3.63) is 77.3 Å². The SMILES string of the molecule is CC(C)(C)c1ccc(C(=O)Nc2c(-c3ccccc3)nc3sccn23)cc1. The number of carbonyl (C=O) groups excluding carboxylic acids is 1. The summed E-state index contributed by atoms with van der Waals surface area (Å²) in [7, 11) is 0. The highest BCUT2D eigenvalue weighted by Crippen LogP contribution is 2.31. The van der Waals surface area contributed by atoms with E-state index in [1.807, 2.05) is 70.6 Å². The number of hydrogen-bond donors (Lipinski definition) is 1. The minimum Gasteiger partial charge on any atom is -0.306 e. The van der Waals surface area contributed by atoms with Gasteiger partial charge in [0.15, 0.2) is 4.96 Å². The molecule has 0 atom stereocenters. The standard InChI is InChI=1S/C22H21N3OS/c1-22(2,3)17-11-9-16(10-12-17)20(26)24-19-18(15-7-5-4-6-8-15)23-21-25(19)13-14-27-21/h4-14H,1-3H3,(H,24,26). The first kappa shape index (κ1) is 17.5. The number of nitrogens with zero attached hydrogens (tertiary/aromatic N) is 2. The molecule has 4 nitrogen and oxygen atoms in total. The molecule has 0 aliphatic heterocycles. The predicted molar refractivity (Wildman–Crippen MR) is 112 cm³/mol. The fraction of sp³-hybridized carbons (Fsp3) is 0.182. The average Bonchev–Trinajstić information content (AvgIpc) is 3.24. The lowest BCUT2D eigenvalue weighted by Gasteiger charge is -2.19. The summed E-state index contributed by atoms with van der Waals surface area (Å²) >= 11 is 1.55. The number of fused-ring (bicyclic) bond motifs is 1. The molecule has 0 unspecified atom stereocenters. The van der Waals surface area contributed by atoms with Crippen LogP contribution < -0.4 is 5.32 Å². The zero-order chi connectivity index (χ0) is 19.0. The second kappa shape index (κ2) is 6.67. The zero-order valence-electron chi connectivity index (χ0n) is 15.6. The predicted octanol–water partition coefficient (Wildman–Crippen LogP) is 5.61. The molecule has 0 aliphatic carbocycles. The number of aromatic nitrogens is 2. The first-order valence-corrected chi connectivity index (χ1v) is 9.74. The summed E-state index contributed by atoms with van der Waals surface area (Å²) in [5, 5.41) is 5.02. The van der Waals surface area contributed by atoms with E-state index in [1.165, 1.54) is 5.56 Å². The summed E-state index contributed by atoms with van der Waals surface area (Å²) in [4.78, 5) is 18.4. The lowest BCUT2D eigenvalue weighted by Crippen LogP contribution is -2.15. The van der Waals surface area contributed by atoms with Crippen LogP contribution in [-0.4, -0.2) is 15.3 Å². The maximum atomic E-state index is 12.9. The van der Waals surface area contributed by atoms with Gasteiger partial charge < -0.3 is 5.32 Å². The topological polar surface area (TPSA) is 46.4 Å². The molecule has 0 saturated heterocycles. The average molecular weight is 375 g/mol. The second-order valence-electron chi connectivity index (χ2n) is 7.51. The van der Waals surface area contributed by atoms with E-state index in [4.69, 9.17) is 4.98 Å². The highest BCUT2D eigenvalue weighted by molar-refractivity contribution is 7.15. The number of rotatable bonds is 3. The Balaban J connectivity index is 1.69. The van der Waals surface area contributed by atoms with E-state index in [2.05, 4.69) is 26.1 Å². The summed E-state index contributed by atoms with van der Waals surface area (Å²) < 4.78 is 1.93. The van der Waals surface area contributed by atoms with E-state index < -0.39 is 0 Å². The van der Waals surface area contributed by atoms with Gasteiger partial charge in [0, 0.05) is 22.7 Å². The molecule has 2 aromatic heterocycles. The van der Waals surface area contributed by atoms with E-state index in [0.717, 1.165) is 16.2 Å². The minimum absolute atomic E-state index is 0.0593. The molecule has 4 rings (SSSR count). The highest BCUT2D eigenvalue weighted by Gasteiger charge is 2.19. The van der Waals surface area contributed by atoms with E-state index in [-0.39, 0.29) is 11.3 Å². The van der Waals surface area contributed by atoms with Crippen molar-refractivity contribution in [1.29, 1.82) is 0 Å². The number of benzene rings is 2. The monoisotopic (exact) mass is 375 g/mol. The lowest BCUT2D eigenvalue weighted by molar-refractivity contribution is 0.102. The molecule has 5 heteroatoms. The third kappa shape index (κ3) is 3.38. The number of anilines is 1. The van der Waals surface area contributed by atoms with E-state index >= 15 is 0 Å². The molecule has 0 aliphatic rings. The highest BCUT2D eigenvalue weighted by atomic mass is 32.1. The largest absolute Gasteiger partial charge is 0.306 e. The Kier molecular flexibility index (Phi) is 4.32. The number of nitrogens with one attached hydrogen (secondary N) is 1. The van der Waals surface area contributed by atoms with Crippen molar-refractivity contribution < 1.29 is 4.79 Å². The number of amides is 1. The van der Waals surface area contributed by atoms with Gasteiger partial charge >= 0.3 is 0 Å². The summed E-state index contributed by atoms with van der Waals surface area (Å²) in [6.45, 7) is 6.48. The van der Waals surface area contributed by atoms with Gasteiger partial charge in [-0.1, -0.05) is 63.2 Å². The van der Waals surface area contributed by atoms with Crippen molar-refractivity contribution in [3.8, 4) is 11.3 Å². The van der Waals surface area contributed by atoms with Crippen LogP contribution in [0.15, 0.2) is 66.2 Å². The van der Waals surface area contributed by atoms with Gasteiger partial charge in [-0.15, -0.1) is 11.3 Å². The summed E-state index contributed by atoms with van der Waals surface area (Å²) in [6.07, 6.45) is 1.93. The van der Waals surface area contributed by atoms with Crippen molar-refractivity contribution in [2.24, 2.45) is 0 Å². The van der Waals surface area contributed by atoms with Crippen LogP contribution in [-0.2, 0) is 5.41 Å². The minimum atomic E-state index is -0.138. The van der Waals surface area contributed by atoms with Gasteiger partial charge in [0.1, 0.15) is 11.5 Å². The Bertz CT molecular complexity index is 1090. The summed E-state index contributed by atoms with van der Waals surface area (Å²) in [6, 6.07) is 17.7. The fourth-order valence-corrected chi connectivity index (χ4v) is 3.72. The van der Waals surface area contributed by atoms with Crippen LogP contribution in [0.2, 0.25) is 0 Å². The molecule has 4 aromatic rings. The van der Waals surface area contributed by atoms with Crippen LogP contribution in [0.3, 0.4) is 0 Å². The maximum absolute atomic E-state index is 12.9. The van der Waals surface area contributed by atoms with Crippen LogP contribution in [0.1, 0.15) is 36.7 Å². The van der Waals surface area contributed by atoms with Gasteiger partial charge in [0.05, 0.1) is 0 Å². The van der Waals surface area contributed by atoms with Crippen molar-refractivity contribution in [2.45, 2.75) is 26.2 Å². The smallest absolute Gasteiger partial charge is 0.256 e. The lowest BCUT2D eigenvalue weighted by atomic mass is 9.87. The third-order valence-electron chi connectivity index (χ3n) is 4.55. The van der Waals surface area contributed by atoms with Crippen LogP contribution in [0.5, 0.6) is 0 Å². The first-order chi connectivity index (χ1) is 12.9.